The third-order valence-electron chi connectivity index (χ3n) is 2.97. The summed E-state index contributed by atoms with van der Waals surface area (Å²) in [5.41, 5.74) is 6.57. The Balaban J connectivity index is 2.24. The largest absolute Gasteiger partial charge is 0.397 e. The molecule has 4 N–H and O–H groups in total. The van der Waals surface area contributed by atoms with E-state index in [-0.39, 0.29) is 11.9 Å². The number of halogens is 1. The Morgan fingerprint density at radius 2 is 2.20 bits per heavy atom. The van der Waals surface area contributed by atoms with Gasteiger partial charge < -0.3 is 16.2 Å². The lowest BCUT2D eigenvalue weighted by Crippen LogP contribution is -2.34. The van der Waals surface area contributed by atoms with Crippen LogP contribution in [-0.2, 0) is 0 Å². The van der Waals surface area contributed by atoms with Gasteiger partial charge in [-0.05, 0) is 38.5 Å². The number of nitrogens with two attached hydrogens (primary N) is 1. The Morgan fingerprint density at radius 3 is 2.85 bits per heavy atom. The van der Waals surface area contributed by atoms with Crippen LogP contribution in [0.15, 0.2) is 22.7 Å². The highest BCUT2D eigenvalue weighted by Gasteiger charge is 2.18. The molecule has 108 valence electrons. The number of thiophene rings is 1. The summed E-state index contributed by atoms with van der Waals surface area (Å²) in [4.78, 5) is 12.8. The Hall–Kier alpha value is -1.11. The third-order valence-corrected chi connectivity index (χ3v) is 4.65. The van der Waals surface area contributed by atoms with Crippen LogP contribution < -0.4 is 11.1 Å². The van der Waals surface area contributed by atoms with Crippen LogP contribution >= 0.6 is 27.3 Å². The molecular weight excluding hydrogens is 340 g/mol. The number of rotatable bonds is 4. The number of nitrogens with one attached hydrogen (secondary N) is 1. The van der Waals surface area contributed by atoms with E-state index in [0.29, 0.717) is 17.0 Å². The van der Waals surface area contributed by atoms with E-state index in [2.05, 4.69) is 21.2 Å². The highest BCUT2D eigenvalue weighted by molar-refractivity contribution is 9.10. The first kappa shape index (κ1) is 15.3. The van der Waals surface area contributed by atoms with Gasteiger partial charge in [-0.3, -0.25) is 4.79 Å². The lowest BCUT2D eigenvalue weighted by Gasteiger charge is -2.14. The molecule has 1 aromatic heterocycles. The van der Waals surface area contributed by atoms with Crippen LogP contribution in [0.2, 0.25) is 0 Å². The summed E-state index contributed by atoms with van der Waals surface area (Å²) >= 11 is 4.78. The SMILES string of the molecule is CC(O)CC(C)NC(=O)c1sc2ccc(Br)cc2c1N. The van der Waals surface area contributed by atoms with Gasteiger partial charge in [0, 0.05) is 20.6 Å². The van der Waals surface area contributed by atoms with E-state index in [1.807, 2.05) is 25.1 Å². The standard InChI is InChI=1S/C14H17BrN2O2S/c1-7(5-8(2)18)17-14(19)13-12(16)10-6-9(15)3-4-11(10)20-13/h3-4,6-8,18H,5,16H2,1-2H3,(H,17,19). The van der Waals surface area contributed by atoms with E-state index >= 15 is 0 Å². The molecule has 0 bridgehead atoms. The van der Waals surface area contributed by atoms with Gasteiger partial charge >= 0.3 is 0 Å². The lowest BCUT2D eigenvalue weighted by atomic mass is 10.1. The van der Waals surface area contributed by atoms with Crippen molar-refractivity contribution in [2.75, 3.05) is 5.73 Å². The van der Waals surface area contributed by atoms with E-state index in [4.69, 9.17) is 5.73 Å². The van der Waals surface area contributed by atoms with Crippen LogP contribution in [0.4, 0.5) is 5.69 Å². The number of carbonyl (C=O) groups is 1. The van der Waals surface area contributed by atoms with Crippen molar-refractivity contribution in [3.05, 3.63) is 27.5 Å². The second kappa shape index (κ2) is 6.11. The van der Waals surface area contributed by atoms with Gasteiger partial charge in [0.2, 0.25) is 0 Å². The van der Waals surface area contributed by atoms with Gasteiger partial charge in [0.05, 0.1) is 11.8 Å². The lowest BCUT2D eigenvalue weighted by molar-refractivity contribution is 0.0928. The number of benzene rings is 1. The molecule has 0 radical (unpaired) electrons. The van der Waals surface area contributed by atoms with Gasteiger partial charge in [0.25, 0.3) is 5.91 Å². The highest BCUT2D eigenvalue weighted by Crippen LogP contribution is 2.35. The second-order valence-electron chi connectivity index (χ2n) is 4.94. The molecule has 1 amide bonds. The monoisotopic (exact) mass is 356 g/mol. The van der Waals surface area contributed by atoms with Crippen LogP contribution in [0, 0.1) is 0 Å². The molecule has 4 nitrogen and oxygen atoms in total. The maximum absolute atomic E-state index is 12.2. The minimum absolute atomic E-state index is 0.0983. The summed E-state index contributed by atoms with van der Waals surface area (Å²) in [5, 5.41) is 13.1. The van der Waals surface area contributed by atoms with Crippen molar-refractivity contribution in [3.8, 4) is 0 Å². The molecule has 20 heavy (non-hydrogen) atoms. The molecule has 1 aromatic carbocycles. The number of hydrogen-bond donors (Lipinski definition) is 3. The van der Waals surface area contributed by atoms with Gasteiger partial charge in [-0.25, -0.2) is 0 Å². The van der Waals surface area contributed by atoms with Crippen LogP contribution in [0.1, 0.15) is 29.9 Å². The first-order valence-electron chi connectivity index (χ1n) is 6.35. The summed E-state index contributed by atoms with van der Waals surface area (Å²) in [6, 6.07) is 5.68. The van der Waals surface area contributed by atoms with Crippen molar-refractivity contribution in [3.63, 3.8) is 0 Å². The summed E-state index contributed by atoms with van der Waals surface area (Å²) in [5.74, 6) is -0.187. The average molecular weight is 357 g/mol. The molecule has 6 heteroatoms. The van der Waals surface area contributed by atoms with Gasteiger partial charge in [-0.2, -0.15) is 0 Å². The Morgan fingerprint density at radius 1 is 1.50 bits per heavy atom. The third kappa shape index (κ3) is 3.31. The van der Waals surface area contributed by atoms with Gasteiger partial charge in [0.15, 0.2) is 0 Å². The normalized spacial score (nSPS) is 14.2. The van der Waals surface area contributed by atoms with Crippen molar-refractivity contribution in [2.24, 2.45) is 0 Å². The maximum atomic E-state index is 12.2. The number of aliphatic hydroxyl groups is 1. The fraction of sp³-hybridized carbons (Fsp3) is 0.357. The van der Waals surface area contributed by atoms with Crippen LogP contribution in [-0.4, -0.2) is 23.2 Å². The zero-order chi connectivity index (χ0) is 14.9. The van der Waals surface area contributed by atoms with Crippen molar-refractivity contribution in [1.29, 1.82) is 0 Å². The summed E-state index contributed by atoms with van der Waals surface area (Å²) in [7, 11) is 0. The Kier molecular flexibility index (Phi) is 4.67. The van der Waals surface area contributed by atoms with Crippen molar-refractivity contribution < 1.29 is 9.90 Å². The predicted octanol–water partition coefficient (Wildman–Crippen LogP) is 3.14. The Bertz CT molecular complexity index is 639. The summed E-state index contributed by atoms with van der Waals surface area (Å²) < 4.78 is 1.92. The fourth-order valence-electron chi connectivity index (χ4n) is 2.12. The van der Waals surface area contributed by atoms with Gasteiger partial charge in [0.1, 0.15) is 4.88 Å². The number of amides is 1. The quantitative estimate of drug-likeness (QED) is 0.787. The number of aliphatic hydroxyl groups excluding tert-OH is 1. The molecular formula is C14H17BrN2O2S. The van der Waals surface area contributed by atoms with Gasteiger partial charge in [-0.1, -0.05) is 15.9 Å². The van der Waals surface area contributed by atoms with E-state index in [1.54, 1.807) is 6.92 Å². The predicted molar refractivity (Wildman–Crippen MR) is 87.2 cm³/mol. The molecule has 1 heterocycles. The van der Waals surface area contributed by atoms with E-state index in [0.717, 1.165) is 14.6 Å². The van der Waals surface area contributed by atoms with E-state index in [9.17, 15) is 9.90 Å². The molecule has 0 saturated carbocycles. The number of nitrogen functional groups attached to an aromatic ring is 1. The number of fused-ring (bicyclic) bond motifs is 1. The molecule has 2 atom stereocenters. The second-order valence-corrected chi connectivity index (χ2v) is 6.91. The molecule has 0 fully saturated rings. The molecule has 2 unspecified atom stereocenters. The van der Waals surface area contributed by atoms with E-state index < -0.39 is 6.10 Å². The molecule has 0 aliphatic heterocycles. The molecule has 0 aliphatic carbocycles. The summed E-state index contributed by atoms with van der Waals surface area (Å²) in [6.45, 7) is 3.57. The van der Waals surface area contributed by atoms with Crippen molar-refractivity contribution in [2.45, 2.75) is 32.4 Å². The number of anilines is 1. The van der Waals surface area contributed by atoms with Crippen LogP contribution in [0.3, 0.4) is 0 Å². The fourth-order valence-corrected chi connectivity index (χ4v) is 3.48. The van der Waals surface area contributed by atoms with Crippen molar-refractivity contribution >= 4 is 48.9 Å². The van der Waals surface area contributed by atoms with Crippen LogP contribution in [0.25, 0.3) is 10.1 Å². The Labute approximate surface area is 130 Å². The zero-order valence-electron chi connectivity index (χ0n) is 11.3. The van der Waals surface area contributed by atoms with Crippen LogP contribution in [0.5, 0.6) is 0 Å². The van der Waals surface area contributed by atoms with Crippen molar-refractivity contribution in [1.82, 2.24) is 5.32 Å². The van der Waals surface area contributed by atoms with Gasteiger partial charge in [-0.15, -0.1) is 11.3 Å². The topological polar surface area (TPSA) is 75.3 Å². The molecule has 0 saturated heterocycles. The highest BCUT2D eigenvalue weighted by atomic mass is 79.9. The zero-order valence-corrected chi connectivity index (χ0v) is 13.7. The first-order chi connectivity index (χ1) is 9.38. The minimum atomic E-state index is -0.444. The maximum Gasteiger partial charge on any atom is 0.263 e. The minimum Gasteiger partial charge on any atom is -0.397 e. The summed E-state index contributed by atoms with van der Waals surface area (Å²) in [6.07, 6.45) is 0.0725. The first-order valence-corrected chi connectivity index (χ1v) is 7.96. The average Bonchev–Trinajstić information content (AvgIpc) is 2.65. The number of carbonyl (C=O) groups excluding carboxylic acids is 1. The smallest absolute Gasteiger partial charge is 0.263 e. The van der Waals surface area contributed by atoms with E-state index in [1.165, 1.54) is 11.3 Å². The molecule has 0 aliphatic rings. The molecule has 0 spiro atoms. The molecule has 2 rings (SSSR count). The number of hydrogen-bond acceptors (Lipinski definition) is 4. The molecule has 2 aromatic rings.